The second kappa shape index (κ2) is 8.61. The molecule has 1 saturated heterocycles. The van der Waals surface area contributed by atoms with Gasteiger partial charge in [-0.25, -0.2) is 18.4 Å². The summed E-state index contributed by atoms with van der Waals surface area (Å²) < 4.78 is 26.1. The summed E-state index contributed by atoms with van der Waals surface area (Å²) >= 11 is 1.38. The summed E-state index contributed by atoms with van der Waals surface area (Å²) in [6, 6.07) is 15.5. The van der Waals surface area contributed by atoms with Crippen LogP contribution in [0.4, 0.5) is 0 Å². The largest absolute Gasteiger partial charge is 0.338 e. The third-order valence-electron chi connectivity index (χ3n) is 5.97. The summed E-state index contributed by atoms with van der Waals surface area (Å²) in [5.74, 6) is 0.603. The van der Waals surface area contributed by atoms with Crippen molar-refractivity contribution >= 4 is 55.1 Å². The van der Waals surface area contributed by atoms with Gasteiger partial charge in [0.1, 0.15) is 5.65 Å². The SMILES string of the molecule is CC(C)CN(C(=O)CSc1nc2ccccc2c2nc3ccccc3n12)C1CCS(=O)(=O)C1. The van der Waals surface area contributed by atoms with Gasteiger partial charge in [-0.1, -0.05) is 49.9 Å². The standard InChI is InChI=1S/C24H26N4O3S2/c1-16(2)13-27(17-11-12-33(30,31)15-17)22(29)14-32-24-26-19-8-4-3-7-18(19)23-25-20-9-5-6-10-21(20)28(23)24/h3-10,16-17H,11-15H2,1-2H3. The number of hydrogen-bond donors (Lipinski definition) is 0. The molecule has 0 N–H and O–H groups in total. The van der Waals surface area contributed by atoms with E-state index < -0.39 is 9.84 Å². The van der Waals surface area contributed by atoms with E-state index in [1.54, 1.807) is 4.90 Å². The van der Waals surface area contributed by atoms with Crippen LogP contribution in [-0.2, 0) is 14.6 Å². The van der Waals surface area contributed by atoms with E-state index in [9.17, 15) is 13.2 Å². The number of thioether (sulfide) groups is 1. The highest BCUT2D eigenvalue weighted by molar-refractivity contribution is 7.99. The zero-order chi connectivity index (χ0) is 23.2. The lowest BCUT2D eigenvalue weighted by molar-refractivity contribution is -0.130. The summed E-state index contributed by atoms with van der Waals surface area (Å²) in [5, 5.41) is 1.66. The fraction of sp³-hybridized carbons (Fsp3) is 0.375. The number of nitrogens with zero attached hydrogens (tertiary/aromatic N) is 4. The Morgan fingerprint density at radius 2 is 1.85 bits per heavy atom. The molecule has 5 rings (SSSR count). The normalized spacial score (nSPS) is 18.0. The van der Waals surface area contributed by atoms with E-state index in [4.69, 9.17) is 9.97 Å². The lowest BCUT2D eigenvalue weighted by Crippen LogP contribution is -2.44. The number of fused-ring (bicyclic) bond motifs is 5. The van der Waals surface area contributed by atoms with Crippen LogP contribution in [0.2, 0.25) is 0 Å². The number of rotatable bonds is 6. The minimum absolute atomic E-state index is 0.0525. The van der Waals surface area contributed by atoms with Gasteiger partial charge >= 0.3 is 0 Å². The molecule has 1 atom stereocenters. The zero-order valence-electron chi connectivity index (χ0n) is 18.6. The van der Waals surface area contributed by atoms with Gasteiger partial charge in [-0.2, -0.15) is 0 Å². The summed E-state index contributed by atoms with van der Waals surface area (Å²) in [6.45, 7) is 4.64. The number of carbonyl (C=O) groups is 1. The first-order chi connectivity index (χ1) is 15.8. The number of carbonyl (C=O) groups excluding carboxylic acids is 1. The van der Waals surface area contributed by atoms with Crippen LogP contribution >= 0.6 is 11.8 Å². The Morgan fingerprint density at radius 3 is 2.58 bits per heavy atom. The van der Waals surface area contributed by atoms with Crippen LogP contribution in [0.15, 0.2) is 53.7 Å². The van der Waals surface area contributed by atoms with E-state index in [0.29, 0.717) is 18.1 Å². The minimum atomic E-state index is -3.07. The highest BCUT2D eigenvalue weighted by Crippen LogP contribution is 2.29. The Balaban J connectivity index is 1.50. The highest BCUT2D eigenvalue weighted by Gasteiger charge is 2.35. The molecule has 0 spiro atoms. The topological polar surface area (TPSA) is 84.6 Å². The molecule has 33 heavy (non-hydrogen) atoms. The highest BCUT2D eigenvalue weighted by atomic mass is 32.2. The Bertz CT molecular complexity index is 1460. The first-order valence-electron chi connectivity index (χ1n) is 11.1. The molecule has 0 bridgehead atoms. The number of sulfone groups is 1. The summed E-state index contributed by atoms with van der Waals surface area (Å²) in [4.78, 5) is 24.8. The zero-order valence-corrected chi connectivity index (χ0v) is 20.3. The van der Waals surface area contributed by atoms with Gasteiger partial charge in [-0.05, 0) is 36.6 Å². The van der Waals surface area contributed by atoms with Crippen molar-refractivity contribution in [2.75, 3.05) is 23.8 Å². The molecular formula is C24H26N4O3S2. The Kier molecular flexibility index (Phi) is 5.78. The molecule has 3 heterocycles. The molecule has 2 aromatic carbocycles. The second-order valence-corrected chi connectivity index (χ2v) is 12.1. The molecule has 4 aromatic rings. The Labute approximate surface area is 197 Å². The minimum Gasteiger partial charge on any atom is -0.338 e. The van der Waals surface area contributed by atoms with Crippen LogP contribution in [0, 0.1) is 5.92 Å². The maximum atomic E-state index is 13.3. The summed E-state index contributed by atoms with van der Waals surface area (Å²) in [7, 11) is -3.07. The van der Waals surface area contributed by atoms with Gasteiger partial charge in [0.15, 0.2) is 15.0 Å². The molecule has 9 heteroatoms. The van der Waals surface area contributed by atoms with Crippen molar-refractivity contribution in [3.63, 3.8) is 0 Å². The van der Waals surface area contributed by atoms with Crippen molar-refractivity contribution in [1.82, 2.24) is 19.3 Å². The molecular weight excluding hydrogens is 456 g/mol. The monoisotopic (exact) mass is 482 g/mol. The average Bonchev–Trinajstić information content (AvgIpc) is 3.35. The Morgan fingerprint density at radius 1 is 1.12 bits per heavy atom. The van der Waals surface area contributed by atoms with E-state index in [1.165, 1.54) is 11.8 Å². The first-order valence-corrected chi connectivity index (χ1v) is 13.9. The van der Waals surface area contributed by atoms with Crippen molar-refractivity contribution in [3.05, 3.63) is 48.5 Å². The van der Waals surface area contributed by atoms with Gasteiger partial charge in [0.25, 0.3) is 0 Å². The van der Waals surface area contributed by atoms with Gasteiger partial charge in [0.2, 0.25) is 5.91 Å². The van der Waals surface area contributed by atoms with Gasteiger partial charge in [-0.3, -0.25) is 9.20 Å². The lowest BCUT2D eigenvalue weighted by Gasteiger charge is -2.30. The molecule has 1 aliphatic heterocycles. The van der Waals surface area contributed by atoms with Gasteiger partial charge in [-0.15, -0.1) is 0 Å². The average molecular weight is 483 g/mol. The second-order valence-electron chi connectivity index (χ2n) is 8.96. The number of imidazole rings is 1. The van der Waals surface area contributed by atoms with E-state index >= 15 is 0 Å². The van der Waals surface area contributed by atoms with Crippen LogP contribution in [0.25, 0.3) is 27.6 Å². The van der Waals surface area contributed by atoms with Crippen LogP contribution in [-0.4, -0.2) is 63.4 Å². The van der Waals surface area contributed by atoms with Gasteiger partial charge in [0, 0.05) is 18.0 Å². The van der Waals surface area contributed by atoms with Gasteiger partial charge < -0.3 is 4.90 Å². The van der Waals surface area contributed by atoms with Crippen LogP contribution in [0.3, 0.4) is 0 Å². The number of aromatic nitrogens is 3. The number of hydrogen-bond acceptors (Lipinski definition) is 6. The lowest BCUT2D eigenvalue weighted by atomic mass is 10.1. The molecule has 0 saturated carbocycles. The first kappa shape index (κ1) is 22.2. The molecule has 7 nitrogen and oxygen atoms in total. The molecule has 172 valence electrons. The van der Waals surface area contributed by atoms with Crippen molar-refractivity contribution in [1.29, 1.82) is 0 Å². The molecule has 0 aliphatic carbocycles. The predicted molar refractivity (Wildman–Crippen MR) is 132 cm³/mol. The third kappa shape index (κ3) is 4.31. The molecule has 1 unspecified atom stereocenters. The smallest absolute Gasteiger partial charge is 0.233 e. The molecule has 1 amide bonds. The molecule has 0 radical (unpaired) electrons. The summed E-state index contributed by atoms with van der Waals surface area (Å²) in [6.07, 6.45) is 0.510. The maximum absolute atomic E-state index is 13.3. The molecule has 2 aromatic heterocycles. The number of benzene rings is 2. The molecule has 1 fully saturated rings. The molecule has 1 aliphatic rings. The maximum Gasteiger partial charge on any atom is 0.233 e. The summed E-state index contributed by atoms with van der Waals surface area (Å²) in [5.41, 5.74) is 3.47. The fourth-order valence-corrected chi connectivity index (χ4v) is 7.11. The Hall–Kier alpha value is -2.65. The van der Waals surface area contributed by atoms with Crippen LogP contribution < -0.4 is 0 Å². The van der Waals surface area contributed by atoms with E-state index in [-0.39, 0.29) is 35.1 Å². The number of amides is 1. The van der Waals surface area contributed by atoms with E-state index in [2.05, 4.69) is 0 Å². The quantitative estimate of drug-likeness (QED) is 0.307. The fourth-order valence-electron chi connectivity index (χ4n) is 4.49. The van der Waals surface area contributed by atoms with E-state index in [1.807, 2.05) is 66.8 Å². The van der Waals surface area contributed by atoms with Crippen molar-refractivity contribution in [2.45, 2.75) is 31.5 Å². The van der Waals surface area contributed by atoms with E-state index in [0.717, 1.165) is 27.6 Å². The van der Waals surface area contributed by atoms with Crippen molar-refractivity contribution in [2.24, 2.45) is 5.92 Å². The predicted octanol–water partition coefficient (Wildman–Crippen LogP) is 3.80. The number of para-hydroxylation sites is 3. The third-order valence-corrected chi connectivity index (χ3v) is 8.64. The van der Waals surface area contributed by atoms with Crippen molar-refractivity contribution in [3.8, 4) is 0 Å². The van der Waals surface area contributed by atoms with Crippen molar-refractivity contribution < 1.29 is 13.2 Å². The van der Waals surface area contributed by atoms with Crippen LogP contribution in [0.5, 0.6) is 0 Å². The van der Waals surface area contributed by atoms with Gasteiger partial charge in [0.05, 0.1) is 33.8 Å². The van der Waals surface area contributed by atoms with Crippen LogP contribution in [0.1, 0.15) is 20.3 Å².